The Labute approximate surface area is 168 Å². The van der Waals surface area contributed by atoms with E-state index in [0.717, 1.165) is 5.56 Å². The number of hydrogen-bond donors (Lipinski definition) is 1. The number of imide groups is 1. The molecule has 1 aliphatic heterocycles. The van der Waals surface area contributed by atoms with Crippen molar-refractivity contribution in [1.82, 2.24) is 4.90 Å². The lowest BCUT2D eigenvalue weighted by Gasteiger charge is -2.13. The number of methoxy groups -OCH3 is 1. The number of carbonyl (C=O) groups excluding carboxylic acids is 2. The van der Waals surface area contributed by atoms with Crippen LogP contribution in [0.25, 0.3) is 5.57 Å². The first-order valence-corrected chi connectivity index (χ1v) is 9.18. The Morgan fingerprint density at radius 3 is 2.48 bits per heavy atom. The highest BCUT2D eigenvalue weighted by Gasteiger charge is 2.39. The molecule has 2 heterocycles. The van der Waals surface area contributed by atoms with E-state index in [2.05, 4.69) is 5.32 Å². The van der Waals surface area contributed by atoms with Crippen molar-refractivity contribution < 1.29 is 18.7 Å². The zero-order valence-corrected chi connectivity index (χ0v) is 16.1. The molecule has 0 radical (unpaired) electrons. The van der Waals surface area contributed by atoms with Gasteiger partial charge in [0.25, 0.3) is 11.8 Å². The minimum Gasteiger partial charge on any atom is -0.497 e. The quantitative estimate of drug-likeness (QED) is 0.647. The number of carbonyl (C=O) groups is 2. The van der Waals surface area contributed by atoms with Crippen LogP contribution < -0.4 is 10.1 Å². The molecule has 1 N–H and O–H groups in total. The van der Waals surface area contributed by atoms with Gasteiger partial charge in [-0.2, -0.15) is 0 Å². The molecule has 0 atom stereocenters. The lowest BCUT2D eigenvalue weighted by molar-refractivity contribution is -0.137. The summed E-state index contributed by atoms with van der Waals surface area (Å²) in [4.78, 5) is 27.5. The van der Waals surface area contributed by atoms with Crippen molar-refractivity contribution in [1.29, 1.82) is 0 Å². The number of nitrogens with one attached hydrogen (secondary N) is 1. The summed E-state index contributed by atoms with van der Waals surface area (Å²) in [6.07, 6.45) is 1.52. The summed E-state index contributed by atoms with van der Waals surface area (Å²) in [6, 6.07) is 18.2. The predicted molar refractivity (Wildman–Crippen MR) is 109 cm³/mol. The van der Waals surface area contributed by atoms with Crippen LogP contribution in [0.3, 0.4) is 0 Å². The van der Waals surface area contributed by atoms with Crippen molar-refractivity contribution >= 4 is 23.1 Å². The van der Waals surface area contributed by atoms with E-state index in [1.54, 1.807) is 25.3 Å². The van der Waals surface area contributed by atoms with Gasteiger partial charge in [-0.1, -0.05) is 35.9 Å². The van der Waals surface area contributed by atoms with E-state index in [9.17, 15) is 9.59 Å². The van der Waals surface area contributed by atoms with Gasteiger partial charge in [0.1, 0.15) is 17.2 Å². The van der Waals surface area contributed by atoms with Gasteiger partial charge in [-0.25, -0.2) is 0 Å². The average molecular weight is 388 g/mol. The number of rotatable bonds is 6. The van der Waals surface area contributed by atoms with E-state index in [-0.39, 0.29) is 18.1 Å². The molecule has 0 fully saturated rings. The van der Waals surface area contributed by atoms with Gasteiger partial charge in [-0.3, -0.25) is 14.5 Å². The topological polar surface area (TPSA) is 71.8 Å². The summed E-state index contributed by atoms with van der Waals surface area (Å²) in [5.41, 5.74) is 2.98. The second kappa shape index (κ2) is 7.67. The fourth-order valence-electron chi connectivity index (χ4n) is 3.23. The Morgan fingerprint density at radius 2 is 1.79 bits per heavy atom. The molecule has 2 aromatic carbocycles. The van der Waals surface area contributed by atoms with Gasteiger partial charge in [0, 0.05) is 11.8 Å². The van der Waals surface area contributed by atoms with Crippen LogP contribution in [0, 0.1) is 6.92 Å². The molecule has 0 aliphatic carbocycles. The van der Waals surface area contributed by atoms with Gasteiger partial charge < -0.3 is 14.5 Å². The van der Waals surface area contributed by atoms with Gasteiger partial charge >= 0.3 is 0 Å². The third-order valence-electron chi connectivity index (χ3n) is 4.74. The summed E-state index contributed by atoms with van der Waals surface area (Å²) >= 11 is 0. The Morgan fingerprint density at radius 1 is 1.00 bits per heavy atom. The number of ether oxygens (including phenoxy) is 1. The van der Waals surface area contributed by atoms with Crippen molar-refractivity contribution in [2.24, 2.45) is 0 Å². The monoisotopic (exact) mass is 388 g/mol. The Balaban J connectivity index is 1.75. The molecule has 1 aromatic heterocycles. The smallest absolute Gasteiger partial charge is 0.278 e. The summed E-state index contributed by atoms with van der Waals surface area (Å²) in [5.74, 6) is 0.430. The Kier molecular flexibility index (Phi) is 4.91. The minimum atomic E-state index is -0.398. The number of furan rings is 1. The second-order valence-corrected chi connectivity index (χ2v) is 6.75. The van der Waals surface area contributed by atoms with Crippen molar-refractivity contribution in [3.63, 3.8) is 0 Å². The summed E-state index contributed by atoms with van der Waals surface area (Å²) < 4.78 is 10.6. The first-order valence-electron chi connectivity index (χ1n) is 9.18. The highest BCUT2D eigenvalue weighted by molar-refractivity contribution is 6.36. The van der Waals surface area contributed by atoms with E-state index in [0.29, 0.717) is 28.3 Å². The third kappa shape index (κ3) is 3.65. The largest absolute Gasteiger partial charge is 0.497 e. The molecule has 6 heteroatoms. The molecule has 0 unspecified atom stereocenters. The normalized spacial score (nSPS) is 13.9. The molecular weight excluding hydrogens is 368 g/mol. The van der Waals surface area contributed by atoms with Crippen molar-refractivity contribution in [3.8, 4) is 5.75 Å². The average Bonchev–Trinajstić information content (AvgIpc) is 3.32. The van der Waals surface area contributed by atoms with E-state index >= 15 is 0 Å². The molecule has 146 valence electrons. The van der Waals surface area contributed by atoms with Crippen LogP contribution in [0.15, 0.2) is 77.0 Å². The number of hydrogen-bond acceptors (Lipinski definition) is 5. The van der Waals surface area contributed by atoms with Crippen LogP contribution in [0.4, 0.5) is 5.69 Å². The number of amides is 2. The minimum absolute atomic E-state index is 0.0727. The summed E-state index contributed by atoms with van der Waals surface area (Å²) in [6.45, 7) is 2.04. The number of anilines is 1. The van der Waals surface area contributed by atoms with Crippen molar-refractivity contribution in [2.75, 3.05) is 12.4 Å². The van der Waals surface area contributed by atoms with E-state index in [1.165, 1.54) is 11.2 Å². The fraction of sp³-hybridized carbons (Fsp3) is 0.130. The zero-order valence-electron chi connectivity index (χ0n) is 16.1. The standard InChI is InChI=1S/C23H20N2O4/c1-15-8-10-16(11-9-15)20-21(24-17-5-3-6-18(13-17)28-2)23(27)25(22(20)26)14-19-7-4-12-29-19/h3-13,24H,14H2,1-2H3. The Bertz CT molecular complexity index is 1080. The number of nitrogens with zero attached hydrogens (tertiary/aromatic N) is 1. The summed E-state index contributed by atoms with van der Waals surface area (Å²) in [7, 11) is 1.57. The van der Waals surface area contributed by atoms with E-state index in [1.807, 2.05) is 49.4 Å². The lowest BCUT2D eigenvalue weighted by Crippen LogP contribution is -2.31. The lowest BCUT2D eigenvalue weighted by atomic mass is 10.0. The molecule has 6 nitrogen and oxygen atoms in total. The van der Waals surface area contributed by atoms with Crippen LogP contribution in [0.1, 0.15) is 16.9 Å². The molecule has 0 bridgehead atoms. The summed E-state index contributed by atoms with van der Waals surface area (Å²) in [5, 5.41) is 3.13. The Hall–Kier alpha value is -3.80. The van der Waals surface area contributed by atoms with E-state index < -0.39 is 5.91 Å². The molecular formula is C23H20N2O4. The first-order chi connectivity index (χ1) is 14.1. The van der Waals surface area contributed by atoms with Gasteiger partial charge in [-0.15, -0.1) is 0 Å². The van der Waals surface area contributed by atoms with Gasteiger partial charge in [0.15, 0.2) is 0 Å². The molecule has 2 amide bonds. The maximum atomic E-state index is 13.2. The maximum absolute atomic E-state index is 13.2. The molecule has 0 spiro atoms. The molecule has 4 rings (SSSR count). The first kappa shape index (κ1) is 18.6. The SMILES string of the molecule is COc1cccc(NC2=C(c3ccc(C)cc3)C(=O)N(Cc3ccco3)C2=O)c1. The molecule has 0 saturated heterocycles. The molecule has 3 aromatic rings. The van der Waals surface area contributed by atoms with E-state index in [4.69, 9.17) is 9.15 Å². The van der Waals surface area contributed by atoms with Crippen LogP contribution >= 0.6 is 0 Å². The molecule has 0 saturated carbocycles. The van der Waals surface area contributed by atoms with Gasteiger partial charge in [0.05, 0.1) is 25.5 Å². The van der Waals surface area contributed by atoms with Gasteiger partial charge in [-0.05, 0) is 36.8 Å². The number of benzene rings is 2. The molecule has 1 aliphatic rings. The van der Waals surface area contributed by atoms with Crippen LogP contribution in [-0.4, -0.2) is 23.8 Å². The maximum Gasteiger partial charge on any atom is 0.278 e. The fourth-order valence-corrected chi connectivity index (χ4v) is 3.23. The third-order valence-corrected chi connectivity index (χ3v) is 4.74. The van der Waals surface area contributed by atoms with Crippen LogP contribution in [-0.2, 0) is 16.1 Å². The van der Waals surface area contributed by atoms with Crippen molar-refractivity contribution in [2.45, 2.75) is 13.5 Å². The molecule has 29 heavy (non-hydrogen) atoms. The van der Waals surface area contributed by atoms with Crippen LogP contribution in [0.2, 0.25) is 0 Å². The highest BCUT2D eigenvalue weighted by Crippen LogP contribution is 2.32. The second-order valence-electron chi connectivity index (χ2n) is 6.75. The van der Waals surface area contributed by atoms with Crippen LogP contribution in [0.5, 0.6) is 5.75 Å². The van der Waals surface area contributed by atoms with Crippen molar-refractivity contribution in [3.05, 3.63) is 89.5 Å². The van der Waals surface area contributed by atoms with Gasteiger partial charge in [0.2, 0.25) is 0 Å². The zero-order chi connectivity index (χ0) is 20.4. The predicted octanol–water partition coefficient (Wildman–Crippen LogP) is 3.99. The number of aryl methyl sites for hydroxylation is 1. The highest BCUT2D eigenvalue weighted by atomic mass is 16.5.